The highest BCUT2D eigenvalue weighted by molar-refractivity contribution is 4.71. The van der Waals surface area contributed by atoms with Crippen molar-refractivity contribution < 1.29 is 27.0 Å². The number of methoxy groups -OCH3 is 1. The Balaban J connectivity index is 4.58. The number of ether oxygens (including phenoxy) is 2. The van der Waals surface area contributed by atoms with Gasteiger partial charge in [-0.1, -0.05) is 0 Å². The van der Waals surface area contributed by atoms with Crippen LogP contribution in [-0.2, 0) is 9.47 Å². The standard InChI is InChI=1S/C7H12F4O2/c1-5(2,3)13-7(10,11)6(8,9)12-4/h1-4H3. The molecule has 13 heavy (non-hydrogen) atoms. The second-order valence-electron chi connectivity index (χ2n) is 3.45. The van der Waals surface area contributed by atoms with Gasteiger partial charge >= 0.3 is 12.2 Å². The fourth-order valence-corrected chi connectivity index (χ4v) is 0.563. The first-order valence-corrected chi connectivity index (χ1v) is 3.53. The lowest BCUT2D eigenvalue weighted by molar-refractivity contribution is -0.441. The minimum atomic E-state index is -4.62. The van der Waals surface area contributed by atoms with Gasteiger partial charge < -0.3 is 9.47 Å². The Labute approximate surface area is 73.8 Å². The van der Waals surface area contributed by atoms with Gasteiger partial charge in [-0.25, -0.2) is 0 Å². The lowest BCUT2D eigenvalue weighted by atomic mass is 10.2. The third kappa shape index (κ3) is 3.48. The van der Waals surface area contributed by atoms with Crippen molar-refractivity contribution in [1.82, 2.24) is 0 Å². The predicted octanol–water partition coefficient (Wildman–Crippen LogP) is 2.63. The van der Waals surface area contributed by atoms with Crippen LogP contribution in [0.15, 0.2) is 0 Å². The molecule has 0 amide bonds. The lowest BCUT2D eigenvalue weighted by Gasteiger charge is -2.30. The Morgan fingerprint density at radius 2 is 1.23 bits per heavy atom. The van der Waals surface area contributed by atoms with E-state index < -0.39 is 17.8 Å². The molecule has 0 aliphatic heterocycles. The smallest absolute Gasteiger partial charge is 0.317 e. The van der Waals surface area contributed by atoms with Crippen LogP contribution in [0.1, 0.15) is 20.8 Å². The van der Waals surface area contributed by atoms with E-state index >= 15 is 0 Å². The van der Waals surface area contributed by atoms with E-state index in [0.717, 1.165) is 0 Å². The highest BCUT2D eigenvalue weighted by Gasteiger charge is 2.60. The topological polar surface area (TPSA) is 18.5 Å². The summed E-state index contributed by atoms with van der Waals surface area (Å²) in [7, 11) is 0.486. The Hall–Kier alpha value is -0.360. The van der Waals surface area contributed by atoms with Crippen molar-refractivity contribution in [3.63, 3.8) is 0 Å². The molecule has 0 rings (SSSR count). The highest BCUT2D eigenvalue weighted by Crippen LogP contribution is 2.38. The minimum absolute atomic E-state index is 0.486. The third-order valence-corrected chi connectivity index (χ3v) is 1.03. The van der Waals surface area contributed by atoms with Crippen molar-refractivity contribution in [2.75, 3.05) is 7.11 Å². The number of hydrogen-bond donors (Lipinski definition) is 0. The molecule has 0 spiro atoms. The number of halogens is 4. The first kappa shape index (κ1) is 12.6. The Morgan fingerprint density at radius 1 is 0.846 bits per heavy atom. The molecule has 6 heteroatoms. The molecule has 0 aromatic heterocycles. The molecular weight excluding hydrogens is 192 g/mol. The van der Waals surface area contributed by atoms with Crippen molar-refractivity contribution >= 4 is 0 Å². The fourth-order valence-electron chi connectivity index (χ4n) is 0.563. The molecule has 0 aromatic rings. The van der Waals surface area contributed by atoms with Gasteiger partial charge in [0.05, 0.1) is 5.60 Å². The van der Waals surface area contributed by atoms with Crippen LogP contribution in [0.2, 0.25) is 0 Å². The van der Waals surface area contributed by atoms with Crippen molar-refractivity contribution in [3.8, 4) is 0 Å². The summed E-state index contributed by atoms with van der Waals surface area (Å²) in [6, 6.07) is 0. The summed E-state index contributed by atoms with van der Waals surface area (Å²) in [6.45, 7) is 3.73. The molecule has 0 bridgehead atoms. The van der Waals surface area contributed by atoms with E-state index in [0.29, 0.717) is 7.11 Å². The molecule has 0 atom stereocenters. The van der Waals surface area contributed by atoms with Crippen molar-refractivity contribution in [1.29, 1.82) is 0 Å². The van der Waals surface area contributed by atoms with Crippen LogP contribution in [0, 0.1) is 0 Å². The van der Waals surface area contributed by atoms with E-state index in [9.17, 15) is 17.6 Å². The van der Waals surface area contributed by atoms with Crippen LogP contribution < -0.4 is 0 Å². The monoisotopic (exact) mass is 204 g/mol. The van der Waals surface area contributed by atoms with Crippen molar-refractivity contribution in [2.24, 2.45) is 0 Å². The Bertz CT molecular complexity index is 174. The van der Waals surface area contributed by atoms with Crippen molar-refractivity contribution in [3.05, 3.63) is 0 Å². The zero-order valence-corrected chi connectivity index (χ0v) is 7.83. The maximum absolute atomic E-state index is 12.6. The fraction of sp³-hybridized carbons (Fsp3) is 1.00. The molecular formula is C7H12F4O2. The second kappa shape index (κ2) is 3.42. The first-order chi connectivity index (χ1) is 5.52. The van der Waals surface area contributed by atoms with Crippen LogP contribution >= 0.6 is 0 Å². The average Bonchev–Trinajstić information content (AvgIpc) is 1.81. The van der Waals surface area contributed by atoms with Crippen LogP contribution in [0.5, 0.6) is 0 Å². The van der Waals surface area contributed by atoms with Gasteiger partial charge in [0, 0.05) is 7.11 Å². The molecule has 0 saturated heterocycles. The third-order valence-electron chi connectivity index (χ3n) is 1.03. The molecule has 0 aliphatic carbocycles. The van der Waals surface area contributed by atoms with E-state index in [1.54, 1.807) is 0 Å². The number of alkyl halides is 4. The molecule has 0 heterocycles. The van der Waals surface area contributed by atoms with Crippen LogP contribution in [0.3, 0.4) is 0 Å². The summed E-state index contributed by atoms with van der Waals surface area (Å²) in [5.74, 6) is 0. The SMILES string of the molecule is COC(F)(F)C(F)(F)OC(C)(C)C. The summed E-state index contributed by atoms with van der Waals surface area (Å²) < 4.78 is 57.1. The summed E-state index contributed by atoms with van der Waals surface area (Å²) in [5, 5.41) is 0. The summed E-state index contributed by atoms with van der Waals surface area (Å²) >= 11 is 0. The molecule has 0 unspecified atom stereocenters. The zero-order chi connectivity index (χ0) is 10.9. The Kier molecular flexibility index (Phi) is 3.32. The maximum atomic E-state index is 12.6. The van der Waals surface area contributed by atoms with Crippen molar-refractivity contribution in [2.45, 2.75) is 38.6 Å². The van der Waals surface area contributed by atoms with Gasteiger partial charge in [0.2, 0.25) is 0 Å². The number of hydrogen-bond acceptors (Lipinski definition) is 2. The largest absolute Gasteiger partial charge is 0.448 e. The molecule has 0 fully saturated rings. The van der Waals surface area contributed by atoms with Crippen LogP contribution in [0.25, 0.3) is 0 Å². The summed E-state index contributed by atoms with van der Waals surface area (Å²) in [5.41, 5.74) is -1.37. The molecule has 0 radical (unpaired) electrons. The van der Waals surface area contributed by atoms with E-state index in [4.69, 9.17) is 0 Å². The summed E-state index contributed by atoms with van der Waals surface area (Å²) in [6.07, 6.45) is -9.24. The second-order valence-corrected chi connectivity index (χ2v) is 3.45. The van der Waals surface area contributed by atoms with Gasteiger partial charge in [0.15, 0.2) is 0 Å². The van der Waals surface area contributed by atoms with Gasteiger partial charge in [0.1, 0.15) is 0 Å². The van der Waals surface area contributed by atoms with E-state index in [1.165, 1.54) is 20.8 Å². The van der Waals surface area contributed by atoms with E-state index in [1.807, 2.05) is 0 Å². The molecule has 0 aromatic carbocycles. The van der Waals surface area contributed by atoms with E-state index in [-0.39, 0.29) is 0 Å². The molecule has 2 nitrogen and oxygen atoms in total. The quantitative estimate of drug-likeness (QED) is 0.658. The summed E-state index contributed by atoms with van der Waals surface area (Å²) in [4.78, 5) is 0. The lowest BCUT2D eigenvalue weighted by Crippen LogP contribution is -2.48. The first-order valence-electron chi connectivity index (χ1n) is 3.53. The van der Waals surface area contributed by atoms with Crippen LogP contribution in [-0.4, -0.2) is 24.9 Å². The zero-order valence-electron chi connectivity index (χ0n) is 7.83. The van der Waals surface area contributed by atoms with Gasteiger partial charge in [0.25, 0.3) is 0 Å². The van der Waals surface area contributed by atoms with Gasteiger partial charge in [-0.2, -0.15) is 17.6 Å². The normalized spacial score (nSPS) is 14.8. The predicted molar refractivity (Wildman–Crippen MR) is 37.7 cm³/mol. The molecule has 0 N–H and O–H groups in total. The Morgan fingerprint density at radius 3 is 1.46 bits per heavy atom. The van der Waals surface area contributed by atoms with Gasteiger partial charge in [-0.3, -0.25) is 0 Å². The van der Waals surface area contributed by atoms with Gasteiger partial charge in [-0.15, -0.1) is 0 Å². The molecule has 0 aliphatic rings. The van der Waals surface area contributed by atoms with E-state index in [2.05, 4.69) is 9.47 Å². The molecule has 80 valence electrons. The maximum Gasteiger partial charge on any atom is 0.448 e. The number of rotatable bonds is 3. The van der Waals surface area contributed by atoms with Gasteiger partial charge in [-0.05, 0) is 20.8 Å². The average molecular weight is 204 g/mol. The highest BCUT2D eigenvalue weighted by atomic mass is 19.3. The molecule has 0 saturated carbocycles. The van der Waals surface area contributed by atoms with Crippen LogP contribution in [0.4, 0.5) is 17.6 Å². The minimum Gasteiger partial charge on any atom is -0.317 e.